The molecule has 1 aliphatic heterocycles. The number of nitrogens with one attached hydrogen (secondary N) is 2. The Hall–Kier alpha value is -3.06. The van der Waals surface area contributed by atoms with Crippen LogP contribution in [0.4, 0.5) is 0 Å². The van der Waals surface area contributed by atoms with Crippen LogP contribution in [0.3, 0.4) is 0 Å². The number of carbonyl (C=O) groups is 2. The van der Waals surface area contributed by atoms with Gasteiger partial charge in [-0.2, -0.15) is 0 Å². The lowest BCUT2D eigenvalue weighted by Crippen LogP contribution is -2.53. The summed E-state index contributed by atoms with van der Waals surface area (Å²) in [6.45, 7) is 3.27. The molecule has 31 heavy (non-hydrogen) atoms. The van der Waals surface area contributed by atoms with E-state index in [2.05, 4.69) is 20.5 Å². The number of hydrogen-bond donors (Lipinski definition) is 2. The highest BCUT2D eigenvalue weighted by Crippen LogP contribution is 2.13. The lowest BCUT2D eigenvalue weighted by atomic mass is 10.1. The fourth-order valence-electron chi connectivity index (χ4n) is 3.58. The SMILES string of the molecule is CN=C(NCc1cccc(C(=O)NC)c1)N1CCN(C(=O)Cc2cccc(Cl)c2)CC1. The molecule has 0 atom stereocenters. The minimum absolute atomic E-state index is 0.107. The highest BCUT2D eigenvalue weighted by atomic mass is 35.5. The Bertz CT molecular complexity index is 954. The Kier molecular flexibility index (Phi) is 7.89. The van der Waals surface area contributed by atoms with Crippen molar-refractivity contribution in [2.24, 2.45) is 4.99 Å². The summed E-state index contributed by atoms with van der Waals surface area (Å²) in [6, 6.07) is 14.9. The summed E-state index contributed by atoms with van der Waals surface area (Å²) in [6.07, 6.45) is 0.356. The fraction of sp³-hybridized carbons (Fsp3) is 0.348. The number of rotatable bonds is 5. The highest BCUT2D eigenvalue weighted by Gasteiger charge is 2.23. The minimum Gasteiger partial charge on any atom is -0.355 e. The Balaban J connectivity index is 1.51. The molecule has 8 heteroatoms. The standard InChI is InChI=1S/C23H28ClN5O2/c1-25-22(31)19-7-3-6-18(13-19)16-27-23(26-2)29-11-9-28(10-12-29)21(30)15-17-5-4-8-20(24)14-17/h3-8,13-14H,9-12,15-16H2,1-2H3,(H,25,31)(H,26,27). The molecule has 164 valence electrons. The number of carbonyl (C=O) groups excluding carboxylic acids is 2. The number of benzene rings is 2. The molecule has 1 saturated heterocycles. The van der Waals surface area contributed by atoms with Crippen LogP contribution in [0.1, 0.15) is 21.5 Å². The monoisotopic (exact) mass is 441 g/mol. The van der Waals surface area contributed by atoms with E-state index in [1.165, 1.54) is 0 Å². The van der Waals surface area contributed by atoms with Crippen molar-refractivity contribution in [3.05, 3.63) is 70.2 Å². The minimum atomic E-state index is -0.107. The molecular weight excluding hydrogens is 414 g/mol. The van der Waals surface area contributed by atoms with E-state index in [9.17, 15) is 9.59 Å². The summed E-state index contributed by atoms with van der Waals surface area (Å²) in [4.78, 5) is 32.9. The number of aliphatic imine (C=N–C) groups is 1. The third kappa shape index (κ3) is 6.21. The van der Waals surface area contributed by atoms with Crippen LogP contribution < -0.4 is 10.6 Å². The molecule has 1 heterocycles. The topological polar surface area (TPSA) is 77.0 Å². The van der Waals surface area contributed by atoms with Crippen molar-refractivity contribution in [2.45, 2.75) is 13.0 Å². The summed E-state index contributed by atoms with van der Waals surface area (Å²) in [7, 11) is 3.37. The average molecular weight is 442 g/mol. The molecule has 0 bridgehead atoms. The van der Waals surface area contributed by atoms with E-state index in [0.29, 0.717) is 49.7 Å². The lowest BCUT2D eigenvalue weighted by Gasteiger charge is -2.36. The van der Waals surface area contributed by atoms with Crippen LogP contribution in [-0.2, 0) is 17.8 Å². The molecule has 7 nitrogen and oxygen atoms in total. The zero-order chi connectivity index (χ0) is 22.2. The summed E-state index contributed by atoms with van der Waals surface area (Å²) in [5.41, 5.74) is 2.55. The van der Waals surface area contributed by atoms with E-state index in [0.717, 1.165) is 17.1 Å². The van der Waals surface area contributed by atoms with Crippen LogP contribution in [0.2, 0.25) is 5.02 Å². The zero-order valence-electron chi connectivity index (χ0n) is 17.9. The maximum absolute atomic E-state index is 12.6. The van der Waals surface area contributed by atoms with Crippen molar-refractivity contribution in [1.82, 2.24) is 20.4 Å². The Morgan fingerprint density at radius 1 is 1.00 bits per heavy atom. The van der Waals surface area contributed by atoms with Gasteiger partial charge in [0.2, 0.25) is 5.91 Å². The molecule has 3 rings (SSSR count). The van der Waals surface area contributed by atoms with Crippen molar-refractivity contribution in [3.8, 4) is 0 Å². The number of hydrogen-bond acceptors (Lipinski definition) is 3. The Morgan fingerprint density at radius 3 is 2.35 bits per heavy atom. The first-order chi connectivity index (χ1) is 15.0. The second-order valence-corrected chi connectivity index (χ2v) is 7.79. The summed E-state index contributed by atoms with van der Waals surface area (Å²) >= 11 is 6.02. The summed E-state index contributed by atoms with van der Waals surface area (Å²) in [5.74, 6) is 0.785. The quantitative estimate of drug-likeness (QED) is 0.550. The molecule has 2 N–H and O–H groups in total. The molecule has 0 saturated carbocycles. The molecule has 0 radical (unpaired) electrons. The molecular formula is C23H28ClN5O2. The van der Waals surface area contributed by atoms with Gasteiger partial charge in [-0.05, 0) is 35.4 Å². The largest absolute Gasteiger partial charge is 0.355 e. The van der Waals surface area contributed by atoms with Gasteiger partial charge in [0.25, 0.3) is 5.91 Å². The Labute approximate surface area is 188 Å². The van der Waals surface area contributed by atoms with Crippen LogP contribution >= 0.6 is 11.6 Å². The van der Waals surface area contributed by atoms with Gasteiger partial charge >= 0.3 is 0 Å². The number of nitrogens with zero attached hydrogens (tertiary/aromatic N) is 3. The van der Waals surface area contributed by atoms with E-state index in [1.807, 2.05) is 47.4 Å². The van der Waals surface area contributed by atoms with Crippen LogP contribution in [0.15, 0.2) is 53.5 Å². The van der Waals surface area contributed by atoms with Gasteiger partial charge in [0.05, 0.1) is 6.42 Å². The van der Waals surface area contributed by atoms with Crippen LogP contribution in [-0.4, -0.2) is 67.8 Å². The van der Waals surface area contributed by atoms with Crippen molar-refractivity contribution >= 4 is 29.4 Å². The average Bonchev–Trinajstić information content (AvgIpc) is 2.79. The number of halogens is 1. The lowest BCUT2D eigenvalue weighted by molar-refractivity contribution is -0.131. The van der Waals surface area contributed by atoms with E-state index >= 15 is 0 Å². The highest BCUT2D eigenvalue weighted by molar-refractivity contribution is 6.30. The maximum atomic E-state index is 12.6. The molecule has 0 unspecified atom stereocenters. The Morgan fingerprint density at radius 2 is 1.68 bits per heavy atom. The molecule has 0 aliphatic carbocycles. The molecule has 2 amide bonds. The molecule has 1 aliphatic rings. The van der Waals surface area contributed by atoms with E-state index in [-0.39, 0.29) is 11.8 Å². The van der Waals surface area contributed by atoms with E-state index in [1.54, 1.807) is 20.2 Å². The molecule has 0 spiro atoms. The van der Waals surface area contributed by atoms with Crippen LogP contribution in [0, 0.1) is 0 Å². The first-order valence-electron chi connectivity index (χ1n) is 10.3. The van der Waals surface area contributed by atoms with E-state index in [4.69, 9.17) is 11.6 Å². The van der Waals surface area contributed by atoms with Gasteiger partial charge in [0, 0.05) is 57.4 Å². The maximum Gasteiger partial charge on any atom is 0.251 e. The predicted octanol–water partition coefficient (Wildman–Crippen LogP) is 2.16. The van der Waals surface area contributed by atoms with Gasteiger partial charge in [0.1, 0.15) is 0 Å². The smallest absolute Gasteiger partial charge is 0.251 e. The number of piperazine rings is 1. The first-order valence-corrected chi connectivity index (χ1v) is 10.7. The third-order valence-corrected chi connectivity index (χ3v) is 5.49. The van der Waals surface area contributed by atoms with Crippen molar-refractivity contribution in [2.75, 3.05) is 40.3 Å². The van der Waals surface area contributed by atoms with Gasteiger partial charge in [0.15, 0.2) is 5.96 Å². The van der Waals surface area contributed by atoms with E-state index < -0.39 is 0 Å². The van der Waals surface area contributed by atoms with Crippen LogP contribution in [0.25, 0.3) is 0 Å². The molecule has 2 aromatic rings. The van der Waals surface area contributed by atoms with Crippen LogP contribution in [0.5, 0.6) is 0 Å². The zero-order valence-corrected chi connectivity index (χ0v) is 18.7. The van der Waals surface area contributed by atoms with Gasteiger partial charge in [-0.15, -0.1) is 0 Å². The summed E-state index contributed by atoms with van der Waals surface area (Å²) in [5, 5.41) is 6.64. The third-order valence-electron chi connectivity index (χ3n) is 5.25. The summed E-state index contributed by atoms with van der Waals surface area (Å²) < 4.78 is 0. The van der Waals surface area contributed by atoms with Crippen molar-refractivity contribution < 1.29 is 9.59 Å². The molecule has 1 fully saturated rings. The number of amides is 2. The normalized spacial score (nSPS) is 14.4. The van der Waals surface area contributed by atoms with Gasteiger partial charge in [-0.3, -0.25) is 14.6 Å². The first kappa shape index (κ1) is 22.6. The second-order valence-electron chi connectivity index (χ2n) is 7.35. The van der Waals surface area contributed by atoms with Gasteiger partial charge in [-0.25, -0.2) is 0 Å². The van der Waals surface area contributed by atoms with Crippen molar-refractivity contribution in [1.29, 1.82) is 0 Å². The molecule has 0 aromatic heterocycles. The number of guanidine groups is 1. The second kappa shape index (κ2) is 10.8. The molecule has 2 aromatic carbocycles. The van der Waals surface area contributed by atoms with Crippen molar-refractivity contribution in [3.63, 3.8) is 0 Å². The fourth-order valence-corrected chi connectivity index (χ4v) is 3.79. The van der Waals surface area contributed by atoms with Gasteiger partial charge < -0.3 is 20.4 Å². The predicted molar refractivity (Wildman–Crippen MR) is 123 cm³/mol. The van der Waals surface area contributed by atoms with Gasteiger partial charge in [-0.1, -0.05) is 35.9 Å².